The van der Waals surface area contributed by atoms with Crippen molar-refractivity contribution in [1.29, 1.82) is 0 Å². The Morgan fingerprint density at radius 1 is 1.32 bits per heavy atom. The molecule has 1 aromatic carbocycles. The third-order valence-corrected chi connectivity index (χ3v) is 5.47. The fraction of sp³-hybridized carbons (Fsp3) is 0.467. The number of benzene rings is 1. The molecule has 0 bridgehead atoms. The summed E-state index contributed by atoms with van der Waals surface area (Å²) in [6.45, 7) is 4.08. The van der Waals surface area contributed by atoms with Gasteiger partial charge in [0.1, 0.15) is 12.2 Å². The van der Waals surface area contributed by atoms with E-state index in [4.69, 9.17) is 0 Å². The van der Waals surface area contributed by atoms with Crippen LogP contribution in [0.1, 0.15) is 35.8 Å². The molecule has 3 rings (SSSR count). The van der Waals surface area contributed by atoms with Crippen molar-refractivity contribution in [3.63, 3.8) is 0 Å². The lowest BCUT2D eigenvalue weighted by molar-refractivity contribution is 0.578. The van der Waals surface area contributed by atoms with Crippen molar-refractivity contribution < 1.29 is 8.42 Å². The van der Waals surface area contributed by atoms with Crippen LogP contribution in [0.25, 0.3) is 0 Å². The number of rotatable bonds is 6. The van der Waals surface area contributed by atoms with Crippen molar-refractivity contribution in [2.24, 2.45) is 0 Å². The van der Waals surface area contributed by atoms with Gasteiger partial charge in [-0.25, -0.2) is 13.1 Å². The Kier molecular flexibility index (Phi) is 4.01. The van der Waals surface area contributed by atoms with Crippen LogP contribution in [0.3, 0.4) is 0 Å². The Morgan fingerprint density at radius 2 is 2.09 bits per heavy atom. The highest BCUT2D eigenvalue weighted by atomic mass is 32.2. The summed E-state index contributed by atoms with van der Waals surface area (Å²) in [5.74, 6) is 0.839. The molecule has 0 saturated heterocycles. The average molecular weight is 320 g/mol. The summed E-state index contributed by atoms with van der Waals surface area (Å²) in [7, 11) is -3.49. The summed E-state index contributed by atoms with van der Waals surface area (Å²) in [6, 6.07) is 5.84. The lowest BCUT2D eigenvalue weighted by Crippen LogP contribution is -2.27. The van der Waals surface area contributed by atoms with E-state index in [2.05, 4.69) is 14.9 Å². The van der Waals surface area contributed by atoms with Crippen molar-refractivity contribution >= 4 is 10.0 Å². The van der Waals surface area contributed by atoms with Gasteiger partial charge in [0, 0.05) is 19.0 Å². The summed E-state index contributed by atoms with van der Waals surface area (Å²) in [4.78, 5) is 0.335. The van der Waals surface area contributed by atoms with Gasteiger partial charge in [-0.05, 0) is 38.3 Å². The van der Waals surface area contributed by atoms with Crippen LogP contribution in [0.15, 0.2) is 29.4 Å². The van der Waals surface area contributed by atoms with Crippen LogP contribution in [0.4, 0.5) is 0 Å². The van der Waals surface area contributed by atoms with Crippen molar-refractivity contribution in [2.75, 3.05) is 6.54 Å². The van der Waals surface area contributed by atoms with Gasteiger partial charge in [0.05, 0.1) is 4.90 Å². The molecule has 6 nitrogen and oxygen atoms in total. The lowest BCUT2D eigenvalue weighted by Gasteiger charge is -2.10. The minimum Gasteiger partial charge on any atom is -0.314 e. The Hall–Kier alpha value is -1.73. The molecule has 2 aromatic rings. The maximum atomic E-state index is 12.4. The topological polar surface area (TPSA) is 76.9 Å². The van der Waals surface area contributed by atoms with Gasteiger partial charge in [0.15, 0.2) is 0 Å². The van der Waals surface area contributed by atoms with Crippen LogP contribution in [0.2, 0.25) is 0 Å². The van der Waals surface area contributed by atoms with E-state index in [9.17, 15) is 8.42 Å². The number of nitrogens with one attached hydrogen (secondary N) is 1. The average Bonchev–Trinajstić information content (AvgIpc) is 3.18. The first-order chi connectivity index (χ1) is 10.5. The van der Waals surface area contributed by atoms with Crippen molar-refractivity contribution in [2.45, 2.75) is 44.0 Å². The van der Waals surface area contributed by atoms with E-state index in [1.54, 1.807) is 12.4 Å². The van der Waals surface area contributed by atoms with Gasteiger partial charge >= 0.3 is 0 Å². The summed E-state index contributed by atoms with van der Waals surface area (Å²) in [5, 5.41) is 7.99. The molecule has 0 aliphatic heterocycles. The first kappa shape index (κ1) is 15.2. The van der Waals surface area contributed by atoms with E-state index in [-0.39, 0.29) is 0 Å². The highest BCUT2D eigenvalue weighted by molar-refractivity contribution is 7.89. The summed E-state index contributed by atoms with van der Waals surface area (Å²) < 4.78 is 29.4. The highest BCUT2D eigenvalue weighted by Crippen LogP contribution is 2.35. The molecule has 1 N–H and O–H groups in total. The summed E-state index contributed by atoms with van der Waals surface area (Å²) in [5.41, 5.74) is 1.81. The first-order valence-corrected chi connectivity index (χ1v) is 8.91. The molecule has 7 heteroatoms. The van der Waals surface area contributed by atoms with Gasteiger partial charge in [-0.3, -0.25) is 0 Å². The largest absolute Gasteiger partial charge is 0.314 e. The smallest absolute Gasteiger partial charge is 0.240 e. The SMILES string of the molecule is Cc1ccc(S(=O)(=O)NCCc2nncn2C2CC2)c(C)c1. The molecule has 1 saturated carbocycles. The summed E-state index contributed by atoms with van der Waals surface area (Å²) >= 11 is 0. The second kappa shape index (κ2) is 5.81. The Bertz CT molecular complexity index is 779. The molecule has 1 aromatic heterocycles. The predicted octanol–water partition coefficient (Wildman–Crippen LogP) is 1.75. The maximum Gasteiger partial charge on any atom is 0.240 e. The van der Waals surface area contributed by atoms with E-state index in [0.717, 1.165) is 29.8 Å². The molecule has 0 unspecified atom stereocenters. The second-order valence-electron chi connectivity index (χ2n) is 5.80. The van der Waals surface area contributed by atoms with Crippen LogP contribution in [0, 0.1) is 13.8 Å². The van der Waals surface area contributed by atoms with Crippen LogP contribution >= 0.6 is 0 Å². The van der Waals surface area contributed by atoms with Crippen LogP contribution in [0.5, 0.6) is 0 Å². The lowest BCUT2D eigenvalue weighted by atomic mass is 10.2. The number of hydrogen-bond acceptors (Lipinski definition) is 4. The zero-order valence-electron chi connectivity index (χ0n) is 12.8. The third kappa shape index (κ3) is 3.20. The van der Waals surface area contributed by atoms with Gasteiger partial charge in [0.2, 0.25) is 10.0 Å². The van der Waals surface area contributed by atoms with Crippen molar-refractivity contribution in [3.05, 3.63) is 41.5 Å². The Balaban J connectivity index is 1.66. The zero-order valence-corrected chi connectivity index (χ0v) is 13.6. The number of aromatic nitrogens is 3. The van der Waals surface area contributed by atoms with E-state index < -0.39 is 10.0 Å². The number of hydrogen-bond donors (Lipinski definition) is 1. The molecule has 1 heterocycles. The molecule has 1 fully saturated rings. The van der Waals surface area contributed by atoms with Crippen LogP contribution in [-0.4, -0.2) is 29.7 Å². The van der Waals surface area contributed by atoms with Gasteiger partial charge in [-0.1, -0.05) is 17.7 Å². The molecular weight excluding hydrogens is 300 g/mol. The highest BCUT2D eigenvalue weighted by Gasteiger charge is 2.26. The zero-order chi connectivity index (χ0) is 15.7. The maximum absolute atomic E-state index is 12.4. The fourth-order valence-corrected chi connectivity index (χ4v) is 3.84. The molecule has 0 radical (unpaired) electrons. The summed E-state index contributed by atoms with van der Waals surface area (Å²) in [6.07, 6.45) is 4.57. The van der Waals surface area contributed by atoms with Crippen LogP contribution in [-0.2, 0) is 16.4 Å². The normalized spacial score (nSPS) is 15.2. The van der Waals surface area contributed by atoms with Crippen molar-refractivity contribution in [1.82, 2.24) is 19.5 Å². The number of nitrogens with zero attached hydrogens (tertiary/aromatic N) is 3. The minimum atomic E-state index is -3.49. The van der Waals surface area contributed by atoms with Crippen molar-refractivity contribution in [3.8, 4) is 0 Å². The molecule has 1 aliphatic carbocycles. The van der Waals surface area contributed by atoms with E-state index in [0.29, 0.717) is 23.9 Å². The standard InChI is InChI=1S/C15H20N4O2S/c1-11-3-6-14(12(2)9-11)22(20,21)17-8-7-15-18-16-10-19(15)13-4-5-13/h3,6,9-10,13,17H,4-5,7-8H2,1-2H3. The number of sulfonamides is 1. The van der Waals surface area contributed by atoms with Gasteiger partial charge in [-0.15, -0.1) is 10.2 Å². The van der Waals surface area contributed by atoms with Crippen LogP contribution < -0.4 is 4.72 Å². The predicted molar refractivity (Wildman–Crippen MR) is 83.1 cm³/mol. The molecule has 118 valence electrons. The van der Waals surface area contributed by atoms with E-state index >= 15 is 0 Å². The third-order valence-electron chi connectivity index (χ3n) is 3.85. The van der Waals surface area contributed by atoms with Gasteiger partial charge in [0.25, 0.3) is 0 Å². The molecule has 0 amide bonds. The minimum absolute atomic E-state index is 0.320. The fourth-order valence-electron chi connectivity index (χ4n) is 2.58. The molecule has 22 heavy (non-hydrogen) atoms. The van der Waals surface area contributed by atoms with Gasteiger partial charge in [-0.2, -0.15) is 0 Å². The van der Waals surface area contributed by atoms with E-state index in [1.165, 1.54) is 0 Å². The van der Waals surface area contributed by atoms with E-state index in [1.807, 2.05) is 30.5 Å². The van der Waals surface area contributed by atoms with Gasteiger partial charge < -0.3 is 4.57 Å². The number of aryl methyl sites for hydroxylation is 2. The molecular formula is C15H20N4O2S. The quantitative estimate of drug-likeness (QED) is 0.879. The Morgan fingerprint density at radius 3 is 2.77 bits per heavy atom. The second-order valence-corrected chi connectivity index (χ2v) is 7.54. The monoisotopic (exact) mass is 320 g/mol. The molecule has 0 atom stereocenters. The molecule has 0 spiro atoms. The first-order valence-electron chi connectivity index (χ1n) is 7.43. The molecule has 1 aliphatic rings. The Labute approximate surface area is 130 Å².